The van der Waals surface area contributed by atoms with Gasteiger partial charge in [-0.15, -0.1) is 0 Å². The van der Waals surface area contributed by atoms with Crippen molar-refractivity contribution in [1.82, 2.24) is 4.72 Å². The Kier molecular flexibility index (Phi) is 7.41. The van der Waals surface area contributed by atoms with E-state index in [1.807, 2.05) is 0 Å². The van der Waals surface area contributed by atoms with Gasteiger partial charge in [0.1, 0.15) is 10.6 Å². The van der Waals surface area contributed by atoms with Gasteiger partial charge >= 0.3 is 5.97 Å². The van der Waals surface area contributed by atoms with Gasteiger partial charge < -0.3 is 14.8 Å². The third-order valence-corrected chi connectivity index (χ3v) is 6.45. The zero-order valence-electron chi connectivity index (χ0n) is 17.2. The van der Waals surface area contributed by atoms with Gasteiger partial charge in [0.15, 0.2) is 18.2 Å². The monoisotopic (exact) mass is 468 g/mol. The lowest BCUT2D eigenvalue weighted by molar-refractivity contribution is -0.119. The molecule has 1 saturated carbocycles. The molecule has 0 bridgehead atoms. The Morgan fingerprint density at radius 2 is 1.78 bits per heavy atom. The van der Waals surface area contributed by atoms with Crippen LogP contribution in [0, 0.1) is 11.6 Å². The summed E-state index contributed by atoms with van der Waals surface area (Å²) in [5.41, 5.74) is -0.112. The molecular weight excluding hydrogens is 446 g/mol. The highest BCUT2D eigenvalue weighted by atomic mass is 32.2. The summed E-state index contributed by atoms with van der Waals surface area (Å²) >= 11 is 0. The lowest BCUT2D eigenvalue weighted by atomic mass is 10.2. The SMILES string of the molecule is COc1ccc(C(=O)OCC(=O)Nc2ccc(F)c(F)c2)cc1S(=O)(=O)NC1CCCC1. The Balaban J connectivity index is 1.67. The van der Waals surface area contributed by atoms with Crippen LogP contribution in [0.25, 0.3) is 0 Å². The van der Waals surface area contributed by atoms with Crippen LogP contribution < -0.4 is 14.8 Å². The first kappa shape index (κ1) is 23.6. The minimum atomic E-state index is -3.95. The molecule has 0 radical (unpaired) electrons. The van der Waals surface area contributed by atoms with E-state index in [1.165, 1.54) is 19.2 Å². The number of hydrogen-bond donors (Lipinski definition) is 2. The molecule has 1 aliphatic carbocycles. The quantitative estimate of drug-likeness (QED) is 0.577. The number of halogens is 2. The van der Waals surface area contributed by atoms with E-state index in [-0.39, 0.29) is 27.9 Å². The van der Waals surface area contributed by atoms with Crippen LogP contribution >= 0.6 is 0 Å². The number of sulfonamides is 1. The van der Waals surface area contributed by atoms with Crippen molar-refractivity contribution >= 4 is 27.6 Å². The molecule has 1 amide bonds. The van der Waals surface area contributed by atoms with Gasteiger partial charge in [-0.25, -0.2) is 26.7 Å². The van der Waals surface area contributed by atoms with Crippen LogP contribution in [0.15, 0.2) is 41.3 Å². The van der Waals surface area contributed by atoms with Crippen molar-refractivity contribution in [2.24, 2.45) is 0 Å². The summed E-state index contributed by atoms with van der Waals surface area (Å²) in [4.78, 5) is 24.1. The zero-order valence-corrected chi connectivity index (χ0v) is 18.0. The van der Waals surface area contributed by atoms with Gasteiger partial charge in [0, 0.05) is 17.8 Å². The predicted octanol–water partition coefficient (Wildman–Crippen LogP) is 2.99. The van der Waals surface area contributed by atoms with E-state index in [1.54, 1.807) is 0 Å². The molecule has 3 rings (SSSR count). The lowest BCUT2D eigenvalue weighted by Gasteiger charge is -2.15. The van der Waals surface area contributed by atoms with Crippen molar-refractivity contribution in [2.75, 3.05) is 19.0 Å². The number of nitrogens with one attached hydrogen (secondary N) is 2. The molecule has 2 aromatic carbocycles. The van der Waals surface area contributed by atoms with Crippen LogP contribution in [0.5, 0.6) is 5.75 Å². The van der Waals surface area contributed by atoms with E-state index in [4.69, 9.17) is 9.47 Å². The maximum atomic E-state index is 13.2. The maximum absolute atomic E-state index is 13.2. The lowest BCUT2D eigenvalue weighted by Crippen LogP contribution is -2.33. The van der Waals surface area contributed by atoms with Crippen molar-refractivity contribution in [3.63, 3.8) is 0 Å². The largest absolute Gasteiger partial charge is 0.495 e. The molecule has 0 saturated heterocycles. The second-order valence-corrected chi connectivity index (χ2v) is 8.90. The second-order valence-electron chi connectivity index (χ2n) is 7.22. The van der Waals surface area contributed by atoms with Crippen LogP contribution in [0.3, 0.4) is 0 Å². The minimum Gasteiger partial charge on any atom is -0.495 e. The Morgan fingerprint density at radius 1 is 1.06 bits per heavy atom. The first-order valence-corrected chi connectivity index (χ1v) is 11.3. The third-order valence-electron chi connectivity index (χ3n) is 4.90. The van der Waals surface area contributed by atoms with Crippen molar-refractivity contribution < 1.29 is 36.3 Å². The van der Waals surface area contributed by atoms with Gasteiger partial charge in [0.25, 0.3) is 5.91 Å². The summed E-state index contributed by atoms with van der Waals surface area (Å²) in [6, 6.07) is 6.34. The fourth-order valence-electron chi connectivity index (χ4n) is 3.33. The highest BCUT2D eigenvalue weighted by Crippen LogP contribution is 2.27. The van der Waals surface area contributed by atoms with Gasteiger partial charge in [-0.3, -0.25) is 4.79 Å². The van der Waals surface area contributed by atoms with E-state index in [2.05, 4.69) is 10.0 Å². The second kappa shape index (κ2) is 10.0. The number of amides is 1. The molecule has 8 nitrogen and oxygen atoms in total. The number of carbonyl (C=O) groups excluding carboxylic acids is 2. The first-order valence-electron chi connectivity index (χ1n) is 9.82. The van der Waals surface area contributed by atoms with Gasteiger partial charge in [-0.1, -0.05) is 12.8 Å². The van der Waals surface area contributed by atoms with E-state index >= 15 is 0 Å². The summed E-state index contributed by atoms with van der Waals surface area (Å²) < 4.78 is 64.4. The number of methoxy groups -OCH3 is 1. The maximum Gasteiger partial charge on any atom is 0.338 e. The molecule has 0 atom stereocenters. The summed E-state index contributed by atoms with van der Waals surface area (Å²) in [6.45, 7) is -0.716. The Morgan fingerprint density at radius 3 is 2.44 bits per heavy atom. The number of anilines is 1. The average Bonchev–Trinajstić information content (AvgIpc) is 3.26. The minimum absolute atomic E-state index is 0.0132. The number of ether oxygens (including phenoxy) is 2. The molecule has 0 heterocycles. The predicted molar refractivity (Wildman–Crippen MR) is 111 cm³/mol. The molecule has 1 fully saturated rings. The van der Waals surface area contributed by atoms with Gasteiger partial charge in [-0.05, 0) is 43.2 Å². The number of rotatable bonds is 8. The standard InChI is InChI=1S/C21H22F2N2O6S/c1-30-18-9-6-13(10-19(18)32(28,29)25-14-4-2-3-5-14)21(27)31-12-20(26)24-15-7-8-16(22)17(23)11-15/h6-11,14,25H,2-5,12H2,1H3,(H,24,26). The van der Waals surface area contributed by atoms with E-state index < -0.39 is 40.1 Å². The molecule has 2 N–H and O–H groups in total. The van der Waals surface area contributed by atoms with Gasteiger partial charge in [0.05, 0.1) is 12.7 Å². The van der Waals surface area contributed by atoms with E-state index in [0.29, 0.717) is 0 Å². The highest BCUT2D eigenvalue weighted by Gasteiger charge is 2.27. The summed E-state index contributed by atoms with van der Waals surface area (Å²) in [5, 5.41) is 2.26. The van der Waals surface area contributed by atoms with E-state index in [9.17, 15) is 26.8 Å². The van der Waals surface area contributed by atoms with E-state index in [0.717, 1.165) is 49.9 Å². The number of benzene rings is 2. The number of esters is 1. The molecule has 0 aromatic heterocycles. The molecule has 172 valence electrons. The first-order chi connectivity index (χ1) is 15.2. The fourth-order valence-corrected chi connectivity index (χ4v) is 4.83. The molecule has 11 heteroatoms. The Labute approximate surface area is 184 Å². The average molecular weight is 468 g/mol. The Bertz CT molecular complexity index is 1120. The summed E-state index contributed by atoms with van der Waals surface area (Å²) in [7, 11) is -2.64. The van der Waals surface area contributed by atoms with Crippen molar-refractivity contribution in [2.45, 2.75) is 36.6 Å². The smallest absolute Gasteiger partial charge is 0.338 e. The topological polar surface area (TPSA) is 111 Å². The molecule has 0 aliphatic heterocycles. The van der Waals surface area contributed by atoms with Crippen molar-refractivity contribution in [3.8, 4) is 5.75 Å². The summed E-state index contributed by atoms with van der Waals surface area (Å²) in [6.07, 6.45) is 3.33. The third kappa shape index (κ3) is 5.80. The van der Waals surface area contributed by atoms with Crippen LogP contribution in [0.1, 0.15) is 36.0 Å². The molecule has 0 spiro atoms. The van der Waals surface area contributed by atoms with Crippen LogP contribution in [0.2, 0.25) is 0 Å². The van der Waals surface area contributed by atoms with Gasteiger partial charge in [-0.2, -0.15) is 0 Å². The number of hydrogen-bond acceptors (Lipinski definition) is 6. The molecule has 2 aromatic rings. The van der Waals surface area contributed by atoms with Crippen LogP contribution in [-0.4, -0.2) is 40.1 Å². The Hall–Kier alpha value is -3.05. The van der Waals surface area contributed by atoms with Crippen LogP contribution in [-0.2, 0) is 19.6 Å². The van der Waals surface area contributed by atoms with Crippen molar-refractivity contribution in [3.05, 3.63) is 53.6 Å². The zero-order chi connectivity index (χ0) is 23.3. The van der Waals surface area contributed by atoms with Crippen molar-refractivity contribution in [1.29, 1.82) is 0 Å². The molecule has 1 aliphatic rings. The summed E-state index contributed by atoms with van der Waals surface area (Å²) in [5.74, 6) is -3.87. The highest BCUT2D eigenvalue weighted by molar-refractivity contribution is 7.89. The van der Waals surface area contributed by atoms with Crippen LogP contribution in [0.4, 0.5) is 14.5 Å². The molecule has 0 unspecified atom stereocenters. The number of carbonyl (C=O) groups is 2. The fraction of sp³-hybridized carbons (Fsp3) is 0.333. The molecule has 32 heavy (non-hydrogen) atoms. The molecular formula is C21H22F2N2O6S. The normalized spacial score (nSPS) is 14.2. The van der Waals surface area contributed by atoms with Gasteiger partial charge in [0.2, 0.25) is 10.0 Å².